The van der Waals surface area contributed by atoms with Crippen molar-refractivity contribution in [2.45, 2.75) is 18.9 Å². The molecule has 1 aliphatic rings. The molecule has 1 aliphatic heterocycles. The minimum atomic E-state index is -0.0565. The predicted octanol–water partition coefficient (Wildman–Crippen LogP) is 2.23. The Morgan fingerprint density at radius 1 is 1.32 bits per heavy atom. The number of likely N-dealkylation sites (tertiary alicyclic amines) is 1. The number of hydrogen-bond donors (Lipinski definition) is 0. The summed E-state index contributed by atoms with van der Waals surface area (Å²) in [6, 6.07) is 5.29. The Morgan fingerprint density at radius 2 is 2.14 bits per heavy atom. The lowest BCUT2D eigenvalue weighted by Gasteiger charge is -2.32. The molecule has 1 amide bonds. The van der Waals surface area contributed by atoms with Crippen molar-refractivity contribution in [2.75, 3.05) is 20.2 Å². The van der Waals surface area contributed by atoms with E-state index < -0.39 is 0 Å². The molecule has 0 N–H and O–H groups in total. The molecular formula is C15H17N3O3S. The van der Waals surface area contributed by atoms with Crippen LogP contribution in [0.4, 0.5) is 0 Å². The molecule has 0 bridgehead atoms. The van der Waals surface area contributed by atoms with E-state index in [4.69, 9.17) is 9.47 Å². The molecule has 116 valence electrons. The van der Waals surface area contributed by atoms with Crippen LogP contribution in [-0.2, 0) is 0 Å². The molecule has 2 aromatic heterocycles. The highest BCUT2D eigenvalue weighted by Crippen LogP contribution is 2.19. The SMILES string of the molecule is COc1ccc(OC2CCCN(C(=O)c3ccsc3)C2)nn1. The molecule has 1 fully saturated rings. The average Bonchev–Trinajstić information content (AvgIpc) is 3.09. The zero-order valence-electron chi connectivity index (χ0n) is 12.3. The van der Waals surface area contributed by atoms with Crippen LogP contribution in [0.3, 0.4) is 0 Å². The van der Waals surface area contributed by atoms with Gasteiger partial charge in [-0.05, 0) is 24.3 Å². The summed E-state index contributed by atoms with van der Waals surface area (Å²) < 4.78 is 10.8. The number of ether oxygens (including phenoxy) is 2. The minimum absolute atomic E-state index is 0.0565. The van der Waals surface area contributed by atoms with Crippen molar-refractivity contribution in [3.05, 3.63) is 34.5 Å². The van der Waals surface area contributed by atoms with Crippen molar-refractivity contribution in [2.24, 2.45) is 0 Å². The van der Waals surface area contributed by atoms with Crippen LogP contribution in [0.15, 0.2) is 29.0 Å². The second-order valence-electron chi connectivity index (χ2n) is 5.06. The number of rotatable bonds is 4. The third-order valence-electron chi connectivity index (χ3n) is 3.55. The summed E-state index contributed by atoms with van der Waals surface area (Å²) in [6.07, 6.45) is 1.77. The second-order valence-corrected chi connectivity index (χ2v) is 5.84. The number of hydrogen-bond acceptors (Lipinski definition) is 6. The van der Waals surface area contributed by atoms with Gasteiger partial charge < -0.3 is 14.4 Å². The van der Waals surface area contributed by atoms with Gasteiger partial charge in [0.25, 0.3) is 5.91 Å². The maximum Gasteiger partial charge on any atom is 0.254 e. The van der Waals surface area contributed by atoms with Crippen LogP contribution in [0.5, 0.6) is 11.8 Å². The average molecular weight is 319 g/mol. The van der Waals surface area contributed by atoms with Crippen LogP contribution >= 0.6 is 11.3 Å². The molecular weight excluding hydrogens is 302 g/mol. The van der Waals surface area contributed by atoms with Gasteiger partial charge in [0.05, 0.1) is 19.2 Å². The third kappa shape index (κ3) is 3.36. The first-order valence-corrected chi connectivity index (χ1v) is 8.06. The van der Waals surface area contributed by atoms with Gasteiger partial charge in [-0.15, -0.1) is 10.2 Å². The van der Waals surface area contributed by atoms with Gasteiger partial charge in [-0.25, -0.2) is 0 Å². The maximum atomic E-state index is 12.4. The monoisotopic (exact) mass is 319 g/mol. The Kier molecular flexibility index (Phi) is 4.53. The number of carbonyl (C=O) groups is 1. The first-order valence-electron chi connectivity index (χ1n) is 7.12. The number of amides is 1. The fraction of sp³-hybridized carbons (Fsp3) is 0.400. The van der Waals surface area contributed by atoms with Crippen LogP contribution in [0.1, 0.15) is 23.2 Å². The van der Waals surface area contributed by atoms with Crippen molar-refractivity contribution < 1.29 is 14.3 Å². The molecule has 7 heteroatoms. The van der Waals surface area contributed by atoms with E-state index in [1.165, 1.54) is 11.3 Å². The molecule has 1 unspecified atom stereocenters. The van der Waals surface area contributed by atoms with E-state index in [0.717, 1.165) is 24.9 Å². The van der Waals surface area contributed by atoms with E-state index in [1.807, 2.05) is 21.7 Å². The van der Waals surface area contributed by atoms with E-state index >= 15 is 0 Å². The molecule has 0 spiro atoms. The normalized spacial score (nSPS) is 18.0. The molecule has 1 saturated heterocycles. The summed E-state index contributed by atoms with van der Waals surface area (Å²) in [7, 11) is 1.54. The molecule has 0 radical (unpaired) electrons. The zero-order chi connectivity index (χ0) is 15.4. The molecule has 1 atom stereocenters. The van der Waals surface area contributed by atoms with Gasteiger partial charge >= 0.3 is 0 Å². The number of thiophene rings is 1. The first kappa shape index (κ1) is 14.8. The first-order chi connectivity index (χ1) is 10.8. The van der Waals surface area contributed by atoms with Crippen molar-refractivity contribution in [3.63, 3.8) is 0 Å². The fourth-order valence-corrected chi connectivity index (χ4v) is 3.07. The highest BCUT2D eigenvalue weighted by atomic mass is 32.1. The number of aromatic nitrogens is 2. The van der Waals surface area contributed by atoms with Crippen molar-refractivity contribution >= 4 is 17.2 Å². The molecule has 3 rings (SSSR count). The maximum absolute atomic E-state index is 12.4. The van der Waals surface area contributed by atoms with Crippen LogP contribution in [0, 0.1) is 0 Å². The molecule has 2 aromatic rings. The summed E-state index contributed by atoms with van der Waals surface area (Å²) in [5.74, 6) is 0.969. The Hall–Kier alpha value is -2.15. The number of piperidine rings is 1. The van der Waals surface area contributed by atoms with E-state index in [2.05, 4.69) is 10.2 Å². The fourth-order valence-electron chi connectivity index (χ4n) is 2.44. The molecule has 0 saturated carbocycles. The van der Waals surface area contributed by atoms with E-state index in [0.29, 0.717) is 18.3 Å². The van der Waals surface area contributed by atoms with Crippen LogP contribution in [0.25, 0.3) is 0 Å². The highest BCUT2D eigenvalue weighted by Gasteiger charge is 2.26. The number of carbonyl (C=O) groups excluding carboxylic acids is 1. The van der Waals surface area contributed by atoms with Gasteiger partial charge in [-0.3, -0.25) is 4.79 Å². The highest BCUT2D eigenvalue weighted by molar-refractivity contribution is 7.08. The number of nitrogens with zero attached hydrogens (tertiary/aromatic N) is 3. The summed E-state index contributed by atoms with van der Waals surface area (Å²) in [5, 5.41) is 11.6. The Morgan fingerprint density at radius 3 is 2.82 bits per heavy atom. The van der Waals surface area contributed by atoms with E-state index in [9.17, 15) is 4.79 Å². The van der Waals surface area contributed by atoms with Gasteiger partial charge in [0.1, 0.15) is 6.10 Å². The lowest BCUT2D eigenvalue weighted by Crippen LogP contribution is -2.44. The molecule has 3 heterocycles. The summed E-state index contributed by atoms with van der Waals surface area (Å²) in [5.41, 5.74) is 0.745. The van der Waals surface area contributed by atoms with Crippen LogP contribution in [0.2, 0.25) is 0 Å². The zero-order valence-corrected chi connectivity index (χ0v) is 13.1. The predicted molar refractivity (Wildman–Crippen MR) is 82.5 cm³/mol. The van der Waals surface area contributed by atoms with Crippen LogP contribution < -0.4 is 9.47 Å². The summed E-state index contributed by atoms with van der Waals surface area (Å²) in [6.45, 7) is 1.34. The van der Waals surface area contributed by atoms with Crippen molar-refractivity contribution in [1.82, 2.24) is 15.1 Å². The molecule has 0 aliphatic carbocycles. The van der Waals surface area contributed by atoms with E-state index in [1.54, 1.807) is 19.2 Å². The molecule has 0 aromatic carbocycles. The van der Waals surface area contributed by atoms with Gasteiger partial charge in [0.2, 0.25) is 11.8 Å². The Bertz CT molecular complexity index is 615. The largest absolute Gasteiger partial charge is 0.480 e. The lowest BCUT2D eigenvalue weighted by atomic mass is 10.1. The van der Waals surface area contributed by atoms with Gasteiger partial charge in [0, 0.05) is 24.1 Å². The van der Waals surface area contributed by atoms with E-state index in [-0.39, 0.29) is 12.0 Å². The minimum Gasteiger partial charge on any atom is -0.480 e. The summed E-state index contributed by atoms with van der Waals surface area (Å²) in [4.78, 5) is 14.2. The smallest absolute Gasteiger partial charge is 0.254 e. The number of methoxy groups -OCH3 is 1. The quantitative estimate of drug-likeness (QED) is 0.864. The van der Waals surface area contributed by atoms with Gasteiger partial charge in [-0.1, -0.05) is 0 Å². The second kappa shape index (κ2) is 6.74. The van der Waals surface area contributed by atoms with Gasteiger partial charge in [0.15, 0.2) is 0 Å². The van der Waals surface area contributed by atoms with Gasteiger partial charge in [-0.2, -0.15) is 11.3 Å². The molecule has 6 nitrogen and oxygen atoms in total. The Balaban J connectivity index is 1.61. The van der Waals surface area contributed by atoms with Crippen molar-refractivity contribution in [3.8, 4) is 11.8 Å². The van der Waals surface area contributed by atoms with Crippen LogP contribution in [-0.4, -0.2) is 47.3 Å². The Labute approximate surface area is 132 Å². The topological polar surface area (TPSA) is 64.6 Å². The lowest BCUT2D eigenvalue weighted by molar-refractivity contribution is 0.0525. The summed E-state index contributed by atoms with van der Waals surface area (Å²) >= 11 is 1.53. The molecule has 22 heavy (non-hydrogen) atoms. The third-order valence-corrected chi connectivity index (χ3v) is 4.23. The standard InChI is InChI=1S/C15H17N3O3S/c1-20-13-4-5-14(17-16-13)21-12-3-2-7-18(9-12)15(19)11-6-8-22-10-11/h4-6,8,10,12H,2-3,7,9H2,1H3. The van der Waals surface area contributed by atoms with Crippen molar-refractivity contribution in [1.29, 1.82) is 0 Å².